The molecule has 0 aromatic rings. The van der Waals surface area contributed by atoms with Crippen molar-refractivity contribution in [2.75, 3.05) is 0 Å². The first kappa shape index (κ1) is 33.8. The van der Waals surface area contributed by atoms with Crippen LogP contribution < -0.4 is 15.3 Å². The summed E-state index contributed by atoms with van der Waals surface area (Å²) in [5.74, 6) is -2.80. The van der Waals surface area contributed by atoms with Crippen LogP contribution in [0.5, 0.6) is 0 Å². The predicted molar refractivity (Wildman–Crippen MR) is 104 cm³/mol. The van der Waals surface area contributed by atoms with Crippen LogP contribution in [0.1, 0.15) is 105 Å². The monoisotopic (exact) mass is 494 g/mol. The van der Waals surface area contributed by atoms with E-state index in [1.165, 1.54) is 4.44 Å². The molecule has 0 unspecified atom stereocenters. The molecule has 0 aliphatic carbocycles. The SMILES string of the molecule is CCCCCC(=O)[O-].CCCCCC(=O)[O-].CCCCCC(=O)[O-].C[CH2][Sn+3]. The maximum atomic E-state index is 9.76. The summed E-state index contributed by atoms with van der Waals surface area (Å²) in [6, 6.07) is 0. The molecule has 0 atom stereocenters. The predicted octanol–water partition coefficient (Wildman–Crippen LogP) is 1.54. The Hall–Kier alpha value is -0.791. The summed E-state index contributed by atoms with van der Waals surface area (Å²) in [4.78, 5) is 29.3. The molecule has 0 aromatic carbocycles. The van der Waals surface area contributed by atoms with Crippen LogP contribution >= 0.6 is 0 Å². The fourth-order valence-corrected chi connectivity index (χ4v) is 1.56. The van der Waals surface area contributed by atoms with Gasteiger partial charge in [0.15, 0.2) is 0 Å². The van der Waals surface area contributed by atoms with Gasteiger partial charge in [-0.15, -0.1) is 0 Å². The van der Waals surface area contributed by atoms with Gasteiger partial charge in [-0.25, -0.2) is 0 Å². The van der Waals surface area contributed by atoms with Gasteiger partial charge in [0.25, 0.3) is 0 Å². The van der Waals surface area contributed by atoms with Crippen molar-refractivity contribution in [2.45, 2.75) is 109 Å². The molecule has 0 amide bonds. The molecule has 0 rings (SSSR count). The molecule has 0 saturated heterocycles. The fourth-order valence-electron chi connectivity index (χ4n) is 1.56. The molecule has 0 aliphatic heterocycles. The zero-order valence-corrected chi connectivity index (χ0v) is 20.5. The normalized spacial score (nSPS) is 8.81. The fraction of sp³-hybridized carbons (Fsp3) is 0.850. The first-order valence-corrected chi connectivity index (χ1v) is 12.0. The Kier molecular flexibility index (Phi) is 41.1. The summed E-state index contributed by atoms with van der Waals surface area (Å²) in [7, 11) is 0. The molecule has 6 nitrogen and oxygen atoms in total. The number of carbonyl (C=O) groups excluding carboxylic acids is 3. The van der Waals surface area contributed by atoms with E-state index in [-0.39, 0.29) is 19.3 Å². The molecule has 7 heteroatoms. The van der Waals surface area contributed by atoms with Crippen molar-refractivity contribution >= 4 is 40.4 Å². The average molecular weight is 493 g/mol. The summed E-state index contributed by atoms with van der Waals surface area (Å²) in [6.45, 7) is 8.28. The molecule has 0 aliphatic rings. The van der Waals surface area contributed by atoms with E-state index in [0.717, 1.165) is 57.8 Å². The molecule has 158 valence electrons. The van der Waals surface area contributed by atoms with Crippen LogP contribution in [0.15, 0.2) is 0 Å². The van der Waals surface area contributed by atoms with Gasteiger partial charge in [-0.1, -0.05) is 59.3 Å². The number of hydrogen-bond donors (Lipinski definition) is 0. The average Bonchev–Trinajstić information content (AvgIpc) is 2.57. The summed E-state index contributed by atoms with van der Waals surface area (Å²) >= 11 is 1.64. The number of rotatable bonds is 12. The minimum atomic E-state index is -0.932. The summed E-state index contributed by atoms with van der Waals surface area (Å²) in [5, 5.41) is 29.3. The van der Waals surface area contributed by atoms with Crippen LogP contribution in [0.3, 0.4) is 0 Å². The molecule has 0 aromatic heterocycles. The van der Waals surface area contributed by atoms with Crippen molar-refractivity contribution in [3.05, 3.63) is 0 Å². The van der Waals surface area contributed by atoms with E-state index in [4.69, 9.17) is 0 Å². The Balaban J connectivity index is -0.000000137. The summed E-state index contributed by atoms with van der Waals surface area (Å²) in [5.41, 5.74) is 0. The Labute approximate surface area is 179 Å². The number of hydrogen-bond acceptors (Lipinski definition) is 6. The molecule has 0 fully saturated rings. The third-order valence-corrected chi connectivity index (χ3v) is 2.95. The van der Waals surface area contributed by atoms with Crippen molar-refractivity contribution in [1.82, 2.24) is 0 Å². The van der Waals surface area contributed by atoms with E-state index in [0.29, 0.717) is 0 Å². The van der Waals surface area contributed by atoms with Crippen molar-refractivity contribution in [1.29, 1.82) is 0 Å². The number of aliphatic carboxylic acids is 3. The third kappa shape index (κ3) is 67.3. The molecular weight excluding hydrogens is 455 g/mol. The number of carboxylic acids is 3. The third-order valence-electron chi connectivity index (χ3n) is 2.95. The van der Waals surface area contributed by atoms with Crippen LogP contribution in [0.4, 0.5) is 0 Å². The molecule has 0 saturated carbocycles. The van der Waals surface area contributed by atoms with Gasteiger partial charge in [0.2, 0.25) is 0 Å². The molecule has 0 spiro atoms. The van der Waals surface area contributed by atoms with E-state index in [1.54, 1.807) is 22.5 Å². The Morgan fingerprint density at radius 3 is 0.852 bits per heavy atom. The minimum absolute atomic E-state index is 0.216. The van der Waals surface area contributed by atoms with Gasteiger partial charge < -0.3 is 29.7 Å². The van der Waals surface area contributed by atoms with Crippen LogP contribution in [0.25, 0.3) is 0 Å². The van der Waals surface area contributed by atoms with Crippen LogP contribution in [0, 0.1) is 0 Å². The van der Waals surface area contributed by atoms with Gasteiger partial charge >= 0.3 is 33.9 Å². The molecule has 0 radical (unpaired) electrons. The van der Waals surface area contributed by atoms with E-state index in [1.807, 2.05) is 20.8 Å². The maximum absolute atomic E-state index is 9.76. The molecule has 27 heavy (non-hydrogen) atoms. The molecular formula is C20H38O6Sn. The summed E-state index contributed by atoms with van der Waals surface area (Å²) < 4.78 is 1.34. The van der Waals surface area contributed by atoms with E-state index < -0.39 is 17.9 Å². The topological polar surface area (TPSA) is 120 Å². The van der Waals surface area contributed by atoms with Crippen molar-refractivity contribution in [3.63, 3.8) is 0 Å². The van der Waals surface area contributed by atoms with Gasteiger partial charge in [-0.2, -0.15) is 0 Å². The van der Waals surface area contributed by atoms with E-state index >= 15 is 0 Å². The first-order valence-electron chi connectivity index (χ1n) is 9.97. The van der Waals surface area contributed by atoms with Gasteiger partial charge in [0.1, 0.15) is 0 Å². The number of carboxylic acid groups (broad SMARTS) is 3. The van der Waals surface area contributed by atoms with Crippen LogP contribution in [-0.2, 0) is 14.4 Å². The first-order chi connectivity index (χ1) is 12.7. The van der Waals surface area contributed by atoms with Gasteiger partial charge in [0.05, 0.1) is 0 Å². The van der Waals surface area contributed by atoms with Crippen molar-refractivity contribution in [2.24, 2.45) is 0 Å². The second kappa shape index (κ2) is 32.8. The standard InChI is InChI=1S/3C6H12O2.C2H5.Sn/c3*1-2-3-4-5-6(7)8;1-2;/h3*2-5H2,1H3,(H,7,8);1H2,2H3;/q;;;;+3/p-3. The Morgan fingerprint density at radius 1 is 0.556 bits per heavy atom. The van der Waals surface area contributed by atoms with Gasteiger partial charge in [-0.05, 0) is 38.5 Å². The Bertz CT molecular complexity index is 274. The van der Waals surface area contributed by atoms with Gasteiger partial charge in [-0.3, -0.25) is 0 Å². The Morgan fingerprint density at radius 2 is 0.741 bits per heavy atom. The van der Waals surface area contributed by atoms with E-state index in [9.17, 15) is 29.7 Å². The van der Waals surface area contributed by atoms with Crippen molar-refractivity contribution in [3.8, 4) is 0 Å². The van der Waals surface area contributed by atoms with Crippen LogP contribution in [0.2, 0.25) is 4.44 Å². The van der Waals surface area contributed by atoms with Crippen molar-refractivity contribution < 1.29 is 29.7 Å². The molecule has 0 bridgehead atoms. The number of carbonyl (C=O) groups is 3. The zero-order chi connectivity index (χ0) is 21.9. The zero-order valence-electron chi connectivity index (χ0n) is 17.6. The molecule has 0 heterocycles. The quantitative estimate of drug-likeness (QED) is 0.301. The summed E-state index contributed by atoms with van der Waals surface area (Å²) in [6.07, 6.45) is 9.11. The second-order valence-electron chi connectivity index (χ2n) is 5.84. The second-order valence-corrected chi connectivity index (χ2v) is 7.86. The van der Waals surface area contributed by atoms with E-state index in [2.05, 4.69) is 6.92 Å². The van der Waals surface area contributed by atoms with Crippen LogP contribution in [-0.4, -0.2) is 40.4 Å². The van der Waals surface area contributed by atoms with Gasteiger partial charge in [0, 0.05) is 17.9 Å². The number of unbranched alkanes of at least 4 members (excludes halogenated alkanes) is 6. The molecule has 0 N–H and O–H groups in total.